The zero-order chi connectivity index (χ0) is 10.2. The van der Waals surface area contributed by atoms with Crippen LogP contribution in [0.4, 0.5) is 0 Å². The van der Waals surface area contributed by atoms with Gasteiger partial charge in [-0.15, -0.1) is 6.58 Å². The largest absolute Gasteiger partial charge is 0.103 e. The van der Waals surface area contributed by atoms with Crippen molar-refractivity contribution in [3.63, 3.8) is 0 Å². The van der Waals surface area contributed by atoms with Crippen molar-refractivity contribution in [3.8, 4) is 0 Å². The summed E-state index contributed by atoms with van der Waals surface area (Å²) in [6.07, 6.45) is 11.4. The highest BCUT2D eigenvalue weighted by molar-refractivity contribution is 5.21. The van der Waals surface area contributed by atoms with Crippen LogP contribution in [-0.4, -0.2) is 0 Å². The van der Waals surface area contributed by atoms with Crippen LogP contribution in [-0.2, 0) is 0 Å². The lowest BCUT2D eigenvalue weighted by atomic mass is 9.58. The molecule has 0 radical (unpaired) electrons. The summed E-state index contributed by atoms with van der Waals surface area (Å²) < 4.78 is 0. The van der Waals surface area contributed by atoms with Crippen molar-refractivity contribution in [2.45, 2.75) is 46.0 Å². The number of hydrogen-bond donors (Lipinski definition) is 0. The highest BCUT2D eigenvalue weighted by Gasteiger charge is 2.40. The van der Waals surface area contributed by atoms with Gasteiger partial charge >= 0.3 is 0 Å². The van der Waals surface area contributed by atoms with Gasteiger partial charge in [-0.2, -0.15) is 0 Å². The van der Waals surface area contributed by atoms with Gasteiger partial charge in [-0.25, -0.2) is 0 Å². The van der Waals surface area contributed by atoms with Crippen LogP contribution < -0.4 is 0 Å². The Morgan fingerprint density at radius 3 is 3.00 bits per heavy atom. The molecule has 3 atom stereocenters. The second kappa shape index (κ2) is 3.56. The van der Waals surface area contributed by atoms with Crippen molar-refractivity contribution < 1.29 is 0 Å². The molecule has 0 heteroatoms. The predicted octanol–water partition coefficient (Wildman–Crippen LogP) is 4.34. The minimum atomic E-state index is 0.495. The van der Waals surface area contributed by atoms with E-state index in [9.17, 15) is 0 Å². The molecule has 1 fully saturated rings. The maximum atomic E-state index is 3.96. The Kier molecular flexibility index (Phi) is 2.55. The van der Waals surface area contributed by atoms with Gasteiger partial charge in [0.05, 0.1) is 0 Å². The predicted molar refractivity (Wildman–Crippen MR) is 62.1 cm³/mol. The van der Waals surface area contributed by atoms with Crippen LogP contribution in [0.5, 0.6) is 0 Å². The topological polar surface area (TPSA) is 0 Å². The summed E-state index contributed by atoms with van der Waals surface area (Å²) >= 11 is 0. The summed E-state index contributed by atoms with van der Waals surface area (Å²) in [5, 5.41) is 0. The molecule has 78 valence electrons. The fraction of sp³-hybridized carbons (Fsp3) is 0.714. The molecular weight excluding hydrogens is 168 g/mol. The molecule has 0 aromatic rings. The Bertz CT molecular complexity index is 261. The molecule has 0 aromatic heterocycles. The summed E-state index contributed by atoms with van der Waals surface area (Å²) in [6, 6.07) is 0. The smallest absolute Gasteiger partial charge is 0.00851 e. The van der Waals surface area contributed by atoms with Gasteiger partial charge in [-0.05, 0) is 49.4 Å². The van der Waals surface area contributed by atoms with E-state index in [0.29, 0.717) is 5.41 Å². The third-order valence-corrected chi connectivity index (χ3v) is 4.62. The normalized spacial score (nSPS) is 42.6. The summed E-state index contributed by atoms with van der Waals surface area (Å²) in [5.41, 5.74) is 2.24. The van der Waals surface area contributed by atoms with E-state index in [-0.39, 0.29) is 0 Å². The number of rotatable bonds is 1. The second-order valence-electron chi connectivity index (χ2n) is 5.36. The van der Waals surface area contributed by atoms with E-state index in [2.05, 4.69) is 32.6 Å². The molecule has 0 N–H and O–H groups in total. The van der Waals surface area contributed by atoms with Gasteiger partial charge < -0.3 is 0 Å². The van der Waals surface area contributed by atoms with Crippen molar-refractivity contribution in [3.05, 3.63) is 24.3 Å². The van der Waals surface area contributed by atoms with Crippen LogP contribution in [0.1, 0.15) is 46.0 Å². The zero-order valence-electron chi connectivity index (χ0n) is 9.55. The van der Waals surface area contributed by atoms with Gasteiger partial charge in [0.1, 0.15) is 0 Å². The van der Waals surface area contributed by atoms with Crippen LogP contribution in [0.2, 0.25) is 0 Å². The van der Waals surface area contributed by atoms with E-state index in [1.54, 1.807) is 5.57 Å². The molecule has 0 unspecified atom stereocenters. The summed E-state index contributed by atoms with van der Waals surface area (Å²) in [4.78, 5) is 0. The first-order chi connectivity index (χ1) is 6.66. The molecule has 0 saturated heterocycles. The molecule has 2 aliphatic rings. The molecule has 0 aliphatic heterocycles. The molecule has 14 heavy (non-hydrogen) atoms. The first-order valence-electron chi connectivity index (χ1n) is 5.99. The fourth-order valence-corrected chi connectivity index (χ4v) is 3.28. The summed E-state index contributed by atoms with van der Waals surface area (Å²) in [7, 11) is 0. The van der Waals surface area contributed by atoms with Gasteiger partial charge in [0.15, 0.2) is 0 Å². The molecule has 0 aromatic carbocycles. The van der Waals surface area contributed by atoms with Crippen molar-refractivity contribution in [2.75, 3.05) is 0 Å². The van der Waals surface area contributed by atoms with Crippen molar-refractivity contribution >= 4 is 0 Å². The maximum Gasteiger partial charge on any atom is -0.00851 e. The molecular formula is C14H22. The van der Waals surface area contributed by atoms with Crippen LogP contribution >= 0.6 is 0 Å². The SMILES string of the molecule is C=C[C@@H]1CCC2=CCC[C@@H](C)[C@]2(C)C1. The molecule has 0 amide bonds. The highest BCUT2D eigenvalue weighted by atomic mass is 14.4. The lowest BCUT2D eigenvalue weighted by Crippen LogP contribution is -2.35. The Morgan fingerprint density at radius 2 is 2.29 bits per heavy atom. The minimum absolute atomic E-state index is 0.495. The van der Waals surface area contributed by atoms with E-state index in [1.807, 2.05) is 0 Å². The standard InChI is InChI=1S/C14H22/c1-4-12-8-9-13-7-5-6-11(2)14(13,3)10-12/h4,7,11-12H,1,5-6,8-10H2,2-3H3/t11-,12-,14+/m1/s1. The Hall–Kier alpha value is -0.520. The van der Waals surface area contributed by atoms with Crippen LogP contribution in [0.25, 0.3) is 0 Å². The van der Waals surface area contributed by atoms with Gasteiger partial charge in [0, 0.05) is 0 Å². The minimum Gasteiger partial charge on any atom is -0.103 e. The average molecular weight is 190 g/mol. The van der Waals surface area contributed by atoms with Crippen LogP contribution in [0.15, 0.2) is 24.3 Å². The number of hydrogen-bond acceptors (Lipinski definition) is 0. The van der Waals surface area contributed by atoms with E-state index in [4.69, 9.17) is 0 Å². The number of allylic oxidation sites excluding steroid dienone is 3. The third-order valence-electron chi connectivity index (χ3n) is 4.62. The van der Waals surface area contributed by atoms with Gasteiger partial charge in [-0.1, -0.05) is 31.6 Å². The molecule has 1 saturated carbocycles. The van der Waals surface area contributed by atoms with E-state index < -0.39 is 0 Å². The van der Waals surface area contributed by atoms with E-state index in [0.717, 1.165) is 11.8 Å². The first-order valence-corrected chi connectivity index (χ1v) is 5.99. The van der Waals surface area contributed by atoms with Gasteiger partial charge in [-0.3, -0.25) is 0 Å². The van der Waals surface area contributed by atoms with E-state index >= 15 is 0 Å². The highest BCUT2D eigenvalue weighted by Crippen LogP contribution is 2.52. The Morgan fingerprint density at radius 1 is 1.50 bits per heavy atom. The Balaban J connectivity index is 2.25. The lowest BCUT2D eigenvalue weighted by Gasteiger charge is -2.46. The van der Waals surface area contributed by atoms with Crippen molar-refractivity contribution in [1.29, 1.82) is 0 Å². The zero-order valence-corrected chi connectivity index (χ0v) is 9.55. The average Bonchev–Trinajstić information content (AvgIpc) is 2.19. The molecule has 2 aliphatic carbocycles. The van der Waals surface area contributed by atoms with Crippen LogP contribution in [0, 0.1) is 17.3 Å². The first kappa shape index (κ1) is 10.0. The molecule has 0 spiro atoms. The van der Waals surface area contributed by atoms with Crippen LogP contribution in [0.3, 0.4) is 0 Å². The van der Waals surface area contributed by atoms with Crippen molar-refractivity contribution in [1.82, 2.24) is 0 Å². The number of fused-ring (bicyclic) bond motifs is 1. The molecule has 2 rings (SSSR count). The quantitative estimate of drug-likeness (QED) is 0.540. The van der Waals surface area contributed by atoms with Gasteiger partial charge in [0.25, 0.3) is 0 Å². The second-order valence-corrected chi connectivity index (χ2v) is 5.36. The molecule has 0 heterocycles. The van der Waals surface area contributed by atoms with Gasteiger partial charge in [0.2, 0.25) is 0 Å². The fourth-order valence-electron chi connectivity index (χ4n) is 3.28. The molecule has 0 nitrogen and oxygen atoms in total. The monoisotopic (exact) mass is 190 g/mol. The maximum absolute atomic E-state index is 3.96. The summed E-state index contributed by atoms with van der Waals surface area (Å²) in [6.45, 7) is 8.86. The summed E-state index contributed by atoms with van der Waals surface area (Å²) in [5.74, 6) is 1.63. The third kappa shape index (κ3) is 1.45. The molecule has 0 bridgehead atoms. The lowest BCUT2D eigenvalue weighted by molar-refractivity contribution is 0.155. The van der Waals surface area contributed by atoms with Crippen molar-refractivity contribution in [2.24, 2.45) is 17.3 Å². The van der Waals surface area contributed by atoms with E-state index in [1.165, 1.54) is 32.1 Å². The Labute approximate surface area is 88.1 Å².